The van der Waals surface area contributed by atoms with Gasteiger partial charge in [0.05, 0.1) is 18.3 Å². The molecule has 1 fully saturated rings. The predicted octanol–water partition coefficient (Wildman–Crippen LogP) is 2.44. The molecule has 1 aromatic rings. The molecule has 0 aliphatic heterocycles. The van der Waals surface area contributed by atoms with Gasteiger partial charge in [0.15, 0.2) is 0 Å². The summed E-state index contributed by atoms with van der Waals surface area (Å²) in [6.07, 6.45) is 5.00. The molecule has 1 saturated carbocycles. The Bertz CT molecular complexity index is 331. The van der Waals surface area contributed by atoms with E-state index in [0.717, 1.165) is 31.4 Å². The van der Waals surface area contributed by atoms with Crippen molar-refractivity contribution in [3.05, 3.63) is 24.2 Å². The number of furan rings is 1. The molecule has 1 heterocycles. The number of carbonyl (C=O) groups is 1. The Labute approximate surface area is 94.2 Å². The van der Waals surface area contributed by atoms with Gasteiger partial charge < -0.3 is 14.3 Å². The van der Waals surface area contributed by atoms with E-state index in [-0.39, 0.29) is 12.0 Å². The molecular weight excluding hydrogens is 208 g/mol. The smallest absolute Gasteiger partial charge is 0.309 e. The molecule has 0 saturated heterocycles. The number of carboxylic acid groups (broad SMARTS) is 1. The molecule has 4 heteroatoms. The molecule has 0 radical (unpaired) electrons. The second-order valence-corrected chi connectivity index (χ2v) is 4.16. The quantitative estimate of drug-likeness (QED) is 0.853. The van der Waals surface area contributed by atoms with Gasteiger partial charge in [0, 0.05) is 0 Å². The molecular formula is C12H16O4. The van der Waals surface area contributed by atoms with E-state index < -0.39 is 5.97 Å². The highest BCUT2D eigenvalue weighted by atomic mass is 16.5. The van der Waals surface area contributed by atoms with Gasteiger partial charge in [-0.3, -0.25) is 4.79 Å². The first-order valence-electron chi connectivity index (χ1n) is 5.64. The molecule has 1 aliphatic carbocycles. The minimum absolute atomic E-state index is 0.170. The number of carboxylic acids is 1. The minimum atomic E-state index is -0.746. The monoisotopic (exact) mass is 224 g/mol. The number of aliphatic carboxylic acids is 1. The summed E-state index contributed by atoms with van der Waals surface area (Å²) in [6, 6.07) is 3.63. The fourth-order valence-electron chi connectivity index (χ4n) is 2.16. The third-order valence-corrected chi connectivity index (χ3v) is 3.04. The van der Waals surface area contributed by atoms with E-state index in [1.54, 1.807) is 12.3 Å². The van der Waals surface area contributed by atoms with Crippen molar-refractivity contribution in [1.29, 1.82) is 0 Å². The summed E-state index contributed by atoms with van der Waals surface area (Å²) in [5.41, 5.74) is 0. The second kappa shape index (κ2) is 5.16. The molecule has 1 N–H and O–H groups in total. The van der Waals surface area contributed by atoms with Crippen LogP contribution in [0.15, 0.2) is 22.8 Å². The zero-order valence-electron chi connectivity index (χ0n) is 9.09. The standard InChI is InChI=1S/C12H16O4/c13-12(14)10-5-1-2-6-11(10)16-8-9-4-3-7-15-9/h3-4,7,10-11H,1-2,5-6,8H2,(H,13,14). The van der Waals surface area contributed by atoms with Gasteiger partial charge in [-0.2, -0.15) is 0 Å². The van der Waals surface area contributed by atoms with E-state index in [2.05, 4.69) is 0 Å². The van der Waals surface area contributed by atoms with Gasteiger partial charge in [0.25, 0.3) is 0 Å². The Kier molecular flexibility index (Phi) is 3.62. The highest BCUT2D eigenvalue weighted by Gasteiger charge is 2.31. The van der Waals surface area contributed by atoms with Crippen LogP contribution in [0.2, 0.25) is 0 Å². The molecule has 4 nitrogen and oxygen atoms in total. The molecule has 0 amide bonds. The molecule has 2 unspecified atom stereocenters. The summed E-state index contributed by atoms with van der Waals surface area (Å²) in [6.45, 7) is 0.363. The lowest BCUT2D eigenvalue weighted by molar-refractivity contribution is -0.150. The Morgan fingerprint density at radius 3 is 3.00 bits per heavy atom. The normalized spacial score (nSPS) is 25.5. The van der Waals surface area contributed by atoms with Crippen molar-refractivity contribution in [2.45, 2.75) is 38.4 Å². The van der Waals surface area contributed by atoms with Crippen molar-refractivity contribution in [3.63, 3.8) is 0 Å². The Balaban J connectivity index is 1.89. The molecule has 1 aromatic heterocycles. The van der Waals surface area contributed by atoms with Crippen LogP contribution in [0.1, 0.15) is 31.4 Å². The van der Waals surface area contributed by atoms with Crippen LogP contribution in [0.5, 0.6) is 0 Å². The fourth-order valence-corrected chi connectivity index (χ4v) is 2.16. The van der Waals surface area contributed by atoms with Crippen molar-refractivity contribution in [1.82, 2.24) is 0 Å². The molecule has 0 bridgehead atoms. The van der Waals surface area contributed by atoms with Gasteiger partial charge in [0.1, 0.15) is 12.4 Å². The van der Waals surface area contributed by atoms with E-state index in [1.165, 1.54) is 0 Å². The van der Waals surface area contributed by atoms with Gasteiger partial charge in [0.2, 0.25) is 0 Å². The van der Waals surface area contributed by atoms with E-state index in [0.29, 0.717) is 6.61 Å². The first-order chi connectivity index (χ1) is 7.77. The topological polar surface area (TPSA) is 59.7 Å². The molecule has 2 atom stereocenters. The van der Waals surface area contributed by atoms with Crippen molar-refractivity contribution in [2.75, 3.05) is 0 Å². The summed E-state index contributed by atoms with van der Waals surface area (Å²) in [4.78, 5) is 11.0. The first-order valence-corrected chi connectivity index (χ1v) is 5.64. The average Bonchev–Trinajstić information content (AvgIpc) is 2.79. The molecule has 0 spiro atoms. The van der Waals surface area contributed by atoms with Crippen molar-refractivity contribution in [2.24, 2.45) is 5.92 Å². The number of ether oxygens (including phenoxy) is 1. The maximum Gasteiger partial charge on any atom is 0.309 e. The zero-order chi connectivity index (χ0) is 11.4. The van der Waals surface area contributed by atoms with Gasteiger partial charge >= 0.3 is 5.97 Å². The Morgan fingerprint density at radius 2 is 2.31 bits per heavy atom. The summed E-state index contributed by atoms with van der Waals surface area (Å²) in [5, 5.41) is 9.06. The third-order valence-electron chi connectivity index (χ3n) is 3.04. The van der Waals surface area contributed by atoms with E-state index in [1.807, 2.05) is 6.07 Å². The summed E-state index contributed by atoms with van der Waals surface area (Å²) < 4.78 is 10.8. The van der Waals surface area contributed by atoms with Crippen LogP contribution >= 0.6 is 0 Å². The highest BCUT2D eigenvalue weighted by molar-refractivity contribution is 5.70. The van der Waals surface area contributed by atoms with Gasteiger partial charge in [-0.1, -0.05) is 12.8 Å². The lowest BCUT2D eigenvalue weighted by atomic mass is 9.86. The second-order valence-electron chi connectivity index (χ2n) is 4.16. The third kappa shape index (κ3) is 2.64. The Morgan fingerprint density at radius 1 is 1.50 bits per heavy atom. The summed E-state index contributed by atoms with van der Waals surface area (Å²) in [7, 11) is 0. The van der Waals surface area contributed by atoms with Gasteiger partial charge in [-0.25, -0.2) is 0 Å². The van der Waals surface area contributed by atoms with Crippen LogP contribution in [0.4, 0.5) is 0 Å². The average molecular weight is 224 g/mol. The van der Waals surface area contributed by atoms with Crippen molar-refractivity contribution >= 4 is 5.97 Å². The Hall–Kier alpha value is -1.29. The first kappa shape index (κ1) is 11.2. The molecule has 88 valence electrons. The van der Waals surface area contributed by atoms with Crippen LogP contribution < -0.4 is 0 Å². The fraction of sp³-hybridized carbons (Fsp3) is 0.583. The largest absolute Gasteiger partial charge is 0.481 e. The molecule has 0 aromatic carbocycles. The zero-order valence-corrected chi connectivity index (χ0v) is 9.09. The highest BCUT2D eigenvalue weighted by Crippen LogP contribution is 2.27. The SMILES string of the molecule is O=C(O)C1CCCCC1OCc1ccco1. The predicted molar refractivity (Wildman–Crippen MR) is 56.9 cm³/mol. The number of rotatable bonds is 4. The van der Waals surface area contributed by atoms with Crippen LogP contribution in [0, 0.1) is 5.92 Å². The van der Waals surface area contributed by atoms with Crippen LogP contribution in [-0.4, -0.2) is 17.2 Å². The van der Waals surface area contributed by atoms with Gasteiger partial charge in [-0.15, -0.1) is 0 Å². The molecule has 16 heavy (non-hydrogen) atoms. The molecule has 1 aliphatic rings. The summed E-state index contributed by atoms with van der Waals surface area (Å²) in [5.74, 6) is -0.359. The maximum absolute atomic E-state index is 11.0. The van der Waals surface area contributed by atoms with Crippen molar-refractivity contribution < 1.29 is 19.1 Å². The molecule has 2 rings (SSSR count). The van der Waals surface area contributed by atoms with E-state index >= 15 is 0 Å². The summed E-state index contributed by atoms with van der Waals surface area (Å²) >= 11 is 0. The van der Waals surface area contributed by atoms with Crippen LogP contribution in [0.3, 0.4) is 0 Å². The van der Waals surface area contributed by atoms with Crippen molar-refractivity contribution in [3.8, 4) is 0 Å². The number of hydrogen-bond donors (Lipinski definition) is 1. The van der Waals surface area contributed by atoms with Crippen LogP contribution in [0.25, 0.3) is 0 Å². The number of hydrogen-bond acceptors (Lipinski definition) is 3. The van der Waals surface area contributed by atoms with E-state index in [4.69, 9.17) is 14.3 Å². The van der Waals surface area contributed by atoms with E-state index in [9.17, 15) is 4.79 Å². The lowest BCUT2D eigenvalue weighted by Gasteiger charge is -2.28. The van der Waals surface area contributed by atoms with Gasteiger partial charge in [-0.05, 0) is 25.0 Å². The minimum Gasteiger partial charge on any atom is -0.481 e. The maximum atomic E-state index is 11.0. The lowest BCUT2D eigenvalue weighted by Crippen LogP contribution is -2.33. The van der Waals surface area contributed by atoms with Crippen LogP contribution in [-0.2, 0) is 16.1 Å².